The minimum Gasteiger partial charge on any atom is -0.468 e. The summed E-state index contributed by atoms with van der Waals surface area (Å²) >= 11 is 0. The van der Waals surface area contributed by atoms with E-state index in [-0.39, 0.29) is 6.04 Å². The van der Waals surface area contributed by atoms with Crippen LogP contribution in [0, 0.1) is 0 Å². The van der Waals surface area contributed by atoms with Crippen molar-refractivity contribution in [2.45, 2.75) is 38.8 Å². The van der Waals surface area contributed by atoms with Crippen LogP contribution in [0.3, 0.4) is 0 Å². The van der Waals surface area contributed by atoms with E-state index in [1.165, 1.54) is 0 Å². The summed E-state index contributed by atoms with van der Waals surface area (Å²) in [6.07, 6.45) is 2.40. The summed E-state index contributed by atoms with van der Waals surface area (Å²) < 4.78 is 5.25. The largest absolute Gasteiger partial charge is 0.468 e. The Labute approximate surface area is 85.1 Å². The third-order valence-electron chi connectivity index (χ3n) is 2.52. The lowest BCUT2D eigenvalue weighted by Gasteiger charge is -2.23. The Balaban J connectivity index is 2.39. The van der Waals surface area contributed by atoms with Crippen molar-refractivity contribution in [1.29, 1.82) is 0 Å². The molecule has 1 heterocycles. The van der Waals surface area contributed by atoms with Gasteiger partial charge < -0.3 is 14.8 Å². The van der Waals surface area contributed by atoms with Crippen LogP contribution in [0.4, 0.5) is 0 Å². The van der Waals surface area contributed by atoms with E-state index in [4.69, 9.17) is 4.42 Å². The maximum absolute atomic E-state index is 9.78. The van der Waals surface area contributed by atoms with Gasteiger partial charge in [-0.15, -0.1) is 0 Å². The van der Waals surface area contributed by atoms with Crippen LogP contribution >= 0.6 is 0 Å². The number of furan rings is 1. The molecule has 1 unspecified atom stereocenters. The highest BCUT2D eigenvalue weighted by atomic mass is 16.3. The maximum atomic E-state index is 9.78. The molecule has 14 heavy (non-hydrogen) atoms. The first-order valence-electron chi connectivity index (χ1n) is 5.04. The highest BCUT2D eigenvalue weighted by Crippen LogP contribution is 2.14. The molecule has 0 aromatic carbocycles. The molecular formula is C11H19NO2. The highest BCUT2D eigenvalue weighted by molar-refractivity contribution is 5.03. The van der Waals surface area contributed by atoms with Crippen LogP contribution in [0.15, 0.2) is 22.8 Å². The molecule has 1 aromatic rings. The van der Waals surface area contributed by atoms with Gasteiger partial charge in [-0.1, -0.05) is 6.92 Å². The summed E-state index contributed by atoms with van der Waals surface area (Å²) in [5.41, 5.74) is -0.638. The van der Waals surface area contributed by atoms with Crippen LogP contribution in [0.5, 0.6) is 0 Å². The molecule has 0 amide bonds. The summed E-state index contributed by atoms with van der Waals surface area (Å²) in [5.74, 6) is 0.900. The first-order valence-corrected chi connectivity index (χ1v) is 5.04. The molecule has 0 aliphatic carbocycles. The predicted octanol–water partition coefficient (Wildman–Crippen LogP) is 2.09. The summed E-state index contributed by atoms with van der Waals surface area (Å²) in [5, 5.41) is 13.0. The molecule has 3 nitrogen and oxygen atoms in total. The average Bonchev–Trinajstić information content (AvgIpc) is 2.67. The Morgan fingerprint density at radius 2 is 2.36 bits per heavy atom. The number of hydrogen-bond acceptors (Lipinski definition) is 3. The first-order chi connectivity index (χ1) is 6.55. The van der Waals surface area contributed by atoms with Gasteiger partial charge >= 0.3 is 0 Å². The molecule has 2 atom stereocenters. The van der Waals surface area contributed by atoms with Gasteiger partial charge in [-0.2, -0.15) is 0 Å². The maximum Gasteiger partial charge on any atom is 0.120 e. The smallest absolute Gasteiger partial charge is 0.120 e. The van der Waals surface area contributed by atoms with Crippen LogP contribution in [-0.4, -0.2) is 17.3 Å². The lowest BCUT2D eigenvalue weighted by Crippen LogP contribution is -2.38. The average molecular weight is 197 g/mol. The second kappa shape index (κ2) is 4.62. The molecule has 0 aliphatic rings. The third-order valence-corrected chi connectivity index (χ3v) is 2.52. The summed E-state index contributed by atoms with van der Waals surface area (Å²) in [6, 6.07) is 3.94. The van der Waals surface area contributed by atoms with Crippen molar-refractivity contribution in [2.75, 3.05) is 6.54 Å². The minimum absolute atomic E-state index is 0.142. The van der Waals surface area contributed by atoms with E-state index in [2.05, 4.69) is 5.32 Å². The second-order valence-corrected chi connectivity index (χ2v) is 3.97. The number of hydrogen-bond donors (Lipinski definition) is 2. The topological polar surface area (TPSA) is 45.4 Å². The quantitative estimate of drug-likeness (QED) is 0.759. The lowest BCUT2D eigenvalue weighted by molar-refractivity contribution is 0.0527. The van der Waals surface area contributed by atoms with E-state index in [0.717, 1.165) is 12.2 Å². The molecule has 1 rings (SSSR count). The van der Waals surface area contributed by atoms with Gasteiger partial charge in [0, 0.05) is 6.54 Å². The van der Waals surface area contributed by atoms with E-state index >= 15 is 0 Å². The molecule has 80 valence electrons. The number of aliphatic hydroxyl groups is 1. The van der Waals surface area contributed by atoms with Crippen molar-refractivity contribution in [3.05, 3.63) is 24.2 Å². The van der Waals surface area contributed by atoms with E-state index in [1.807, 2.05) is 32.9 Å². The van der Waals surface area contributed by atoms with Gasteiger partial charge in [-0.3, -0.25) is 0 Å². The molecule has 0 saturated carbocycles. The van der Waals surface area contributed by atoms with Gasteiger partial charge in [0.05, 0.1) is 17.9 Å². The third kappa shape index (κ3) is 3.16. The Morgan fingerprint density at radius 1 is 1.64 bits per heavy atom. The van der Waals surface area contributed by atoms with Gasteiger partial charge in [0.25, 0.3) is 0 Å². The predicted molar refractivity (Wildman–Crippen MR) is 56.0 cm³/mol. The fraction of sp³-hybridized carbons (Fsp3) is 0.636. The van der Waals surface area contributed by atoms with E-state index < -0.39 is 5.60 Å². The summed E-state index contributed by atoms with van der Waals surface area (Å²) in [4.78, 5) is 0. The van der Waals surface area contributed by atoms with Gasteiger partial charge in [-0.25, -0.2) is 0 Å². The van der Waals surface area contributed by atoms with Crippen molar-refractivity contribution in [2.24, 2.45) is 0 Å². The zero-order valence-corrected chi connectivity index (χ0v) is 9.08. The van der Waals surface area contributed by atoms with Gasteiger partial charge in [0.15, 0.2) is 0 Å². The monoisotopic (exact) mass is 197 g/mol. The molecule has 0 bridgehead atoms. The van der Waals surface area contributed by atoms with E-state index in [9.17, 15) is 5.11 Å². The first kappa shape index (κ1) is 11.3. The minimum atomic E-state index is -0.638. The molecule has 3 heteroatoms. The van der Waals surface area contributed by atoms with Crippen molar-refractivity contribution in [1.82, 2.24) is 5.32 Å². The Kier molecular flexibility index (Phi) is 3.72. The zero-order valence-electron chi connectivity index (χ0n) is 9.08. The Bertz CT molecular complexity index is 254. The van der Waals surface area contributed by atoms with Crippen LogP contribution < -0.4 is 5.32 Å². The molecule has 0 radical (unpaired) electrons. The molecule has 0 fully saturated rings. The van der Waals surface area contributed by atoms with E-state index in [1.54, 1.807) is 6.26 Å². The zero-order chi connectivity index (χ0) is 10.6. The van der Waals surface area contributed by atoms with E-state index in [0.29, 0.717) is 6.54 Å². The SMILES string of the molecule is CCC(C)(O)CN[C@@H](C)c1ccco1. The number of rotatable bonds is 5. The summed E-state index contributed by atoms with van der Waals surface area (Å²) in [7, 11) is 0. The standard InChI is InChI=1S/C11H19NO2/c1-4-11(3,13)8-12-9(2)10-6-5-7-14-10/h5-7,9,12-13H,4,8H2,1-3H3/t9-,11?/m0/s1. The Morgan fingerprint density at radius 3 is 2.86 bits per heavy atom. The molecule has 2 N–H and O–H groups in total. The fourth-order valence-electron chi connectivity index (χ4n) is 1.14. The van der Waals surface area contributed by atoms with Crippen LogP contribution in [-0.2, 0) is 0 Å². The number of nitrogens with one attached hydrogen (secondary N) is 1. The van der Waals surface area contributed by atoms with Gasteiger partial charge in [0.2, 0.25) is 0 Å². The Hall–Kier alpha value is -0.800. The van der Waals surface area contributed by atoms with Crippen LogP contribution in [0.1, 0.15) is 39.0 Å². The van der Waals surface area contributed by atoms with Gasteiger partial charge in [0.1, 0.15) is 5.76 Å². The van der Waals surface area contributed by atoms with Crippen LogP contribution in [0.2, 0.25) is 0 Å². The van der Waals surface area contributed by atoms with Crippen molar-refractivity contribution >= 4 is 0 Å². The fourth-order valence-corrected chi connectivity index (χ4v) is 1.14. The molecule has 0 aliphatic heterocycles. The van der Waals surface area contributed by atoms with Gasteiger partial charge in [-0.05, 0) is 32.4 Å². The molecule has 1 aromatic heterocycles. The molecule has 0 saturated heterocycles. The van der Waals surface area contributed by atoms with Crippen LogP contribution in [0.25, 0.3) is 0 Å². The molecule has 0 spiro atoms. The lowest BCUT2D eigenvalue weighted by atomic mass is 10.0. The second-order valence-electron chi connectivity index (χ2n) is 3.97. The highest BCUT2D eigenvalue weighted by Gasteiger charge is 2.19. The van der Waals surface area contributed by atoms with Crippen molar-refractivity contribution < 1.29 is 9.52 Å². The summed E-state index contributed by atoms with van der Waals surface area (Å²) in [6.45, 7) is 6.39. The van der Waals surface area contributed by atoms with Crippen molar-refractivity contribution in [3.63, 3.8) is 0 Å². The van der Waals surface area contributed by atoms with Crippen molar-refractivity contribution in [3.8, 4) is 0 Å². The molecular weight excluding hydrogens is 178 g/mol. The normalized spacial score (nSPS) is 17.7.